The van der Waals surface area contributed by atoms with Crippen molar-refractivity contribution in [1.29, 1.82) is 0 Å². The van der Waals surface area contributed by atoms with Gasteiger partial charge in [-0.05, 0) is 27.7 Å². The molecule has 0 aromatic rings. The van der Waals surface area contributed by atoms with E-state index < -0.39 is 0 Å². The number of hydrogen-bond donors (Lipinski definition) is 0. The Morgan fingerprint density at radius 2 is 1.63 bits per heavy atom. The molecule has 0 unspecified atom stereocenters. The van der Waals surface area contributed by atoms with E-state index in [0.29, 0.717) is 6.10 Å². The van der Waals surface area contributed by atoms with Crippen molar-refractivity contribution >= 4 is 6.09 Å². The van der Waals surface area contributed by atoms with Gasteiger partial charge < -0.3 is 9.64 Å². The Labute approximate surface area is 130 Å². The Morgan fingerprint density at radius 3 is 1.95 bits per heavy atom. The number of amides is 1. The number of carbonyl (C=O) groups is 1. The minimum Gasteiger partial charge on any atom is -0.474 e. The van der Waals surface area contributed by atoms with Gasteiger partial charge in [0.15, 0.2) is 0 Å². The molecule has 0 aromatic carbocycles. The number of allylic oxidation sites excluding steroid dienone is 2. The molecule has 0 N–H and O–H groups in total. The fourth-order valence-corrected chi connectivity index (χ4v) is 1.73. The maximum atomic E-state index is 12.1. The molecule has 0 bridgehead atoms. The summed E-state index contributed by atoms with van der Waals surface area (Å²) in [6.07, 6.45) is 5.79. The number of carbonyl (C=O) groups excluding carboxylic acids is 1. The molecule has 0 saturated heterocycles. The van der Waals surface area contributed by atoms with E-state index in [1.807, 2.05) is 60.6 Å². The van der Waals surface area contributed by atoms with Crippen molar-refractivity contribution in [3.8, 4) is 0 Å². The van der Waals surface area contributed by atoms with Crippen LogP contribution in [-0.4, -0.2) is 23.1 Å². The van der Waals surface area contributed by atoms with Crippen LogP contribution in [0, 0.1) is 6.10 Å². The van der Waals surface area contributed by atoms with Crippen LogP contribution >= 0.6 is 0 Å². The summed E-state index contributed by atoms with van der Waals surface area (Å²) in [7, 11) is 0. The molecule has 0 aliphatic rings. The molecule has 0 spiro atoms. The van der Waals surface area contributed by atoms with E-state index in [-0.39, 0.29) is 37.0 Å². The SMILES string of the molecule is C/C=C/[C-](C=C(C)C)OC(=O)N(C(C)C)C(C)C.[Li+]. The van der Waals surface area contributed by atoms with E-state index in [2.05, 4.69) is 0 Å². The molecule has 19 heavy (non-hydrogen) atoms. The molecular formula is C15H26LiNO2. The van der Waals surface area contributed by atoms with Gasteiger partial charge >= 0.3 is 25.0 Å². The zero-order chi connectivity index (χ0) is 14.3. The standard InChI is InChI=1S/C15H26NO2.Li/c1-8-9-14(10-11(2)3)18-15(17)16(12(4)5)13(6)7;/h8-10,12-13H,1-7H3;/q-1;+1/b9-8+;. The molecule has 0 aromatic heterocycles. The third-order valence-electron chi connectivity index (χ3n) is 2.29. The Hall–Kier alpha value is -0.783. The van der Waals surface area contributed by atoms with Gasteiger partial charge in [-0.2, -0.15) is 11.6 Å². The van der Waals surface area contributed by atoms with Crippen LogP contribution < -0.4 is 18.9 Å². The topological polar surface area (TPSA) is 29.5 Å². The van der Waals surface area contributed by atoms with E-state index in [9.17, 15) is 4.79 Å². The van der Waals surface area contributed by atoms with Gasteiger partial charge in [0.25, 0.3) is 0 Å². The summed E-state index contributed by atoms with van der Waals surface area (Å²) < 4.78 is 5.43. The average molecular weight is 259 g/mol. The molecule has 0 aliphatic heterocycles. The largest absolute Gasteiger partial charge is 1.00 e. The fraction of sp³-hybridized carbons (Fsp3) is 0.600. The van der Waals surface area contributed by atoms with Gasteiger partial charge in [-0.1, -0.05) is 20.8 Å². The maximum Gasteiger partial charge on any atom is 1.00 e. The first-order valence-electron chi connectivity index (χ1n) is 6.44. The van der Waals surface area contributed by atoms with Gasteiger partial charge in [-0.15, -0.1) is 12.2 Å². The van der Waals surface area contributed by atoms with Crippen molar-refractivity contribution in [3.63, 3.8) is 0 Å². The number of nitrogens with zero attached hydrogens (tertiary/aromatic N) is 1. The maximum absolute atomic E-state index is 12.1. The summed E-state index contributed by atoms with van der Waals surface area (Å²) in [4.78, 5) is 13.8. The van der Waals surface area contributed by atoms with E-state index in [1.54, 1.807) is 11.0 Å². The van der Waals surface area contributed by atoms with Crippen LogP contribution in [0.1, 0.15) is 48.5 Å². The van der Waals surface area contributed by atoms with Crippen molar-refractivity contribution in [3.05, 3.63) is 29.9 Å². The van der Waals surface area contributed by atoms with Crippen LogP contribution in [0.25, 0.3) is 0 Å². The van der Waals surface area contributed by atoms with Gasteiger partial charge in [0.1, 0.15) is 0 Å². The summed E-state index contributed by atoms with van der Waals surface area (Å²) in [6.45, 7) is 13.8. The smallest absolute Gasteiger partial charge is 0.474 e. The number of hydrogen-bond acceptors (Lipinski definition) is 2. The summed E-state index contributed by atoms with van der Waals surface area (Å²) >= 11 is 0. The molecule has 4 heteroatoms. The number of rotatable bonds is 5. The predicted octanol–water partition coefficient (Wildman–Crippen LogP) is 1.32. The first kappa shape index (κ1) is 20.5. The second-order valence-corrected chi connectivity index (χ2v) is 5.09. The summed E-state index contributed by atoms with van der Waals surface area (Å²) in [6, 6.07) is 0.243. The van der Waals surface area contributed by atoms with Gasteiger partial charge in [0, 0.05) is 18.2 Å². The van der Waals surface area contributed by atoms with Crippen LogP contribution in [-0.2, 0) is 4.74 Å². The van der Waals surface area contributed by atoms with Crippen LogP contribution in [0.4, 0.5) is 4.79 Å². The number of ether oxygens (including phenoxy) is 1. The second-order valence-electron chi connectivity index (χ2n) is 5.09. The molecule has 0 heterocycles. The molecule has 0 aliphatic carbocycles. The Morgan fingerprint density at radius 1 is 1.16 bits per heavy atom. The Kier molecular flexibility index (Phi) is 10.9. The third-order valence-corrected chi connectivity index (χ3v) is 2.29. The molecule has 104 valence electrons. The van der Waals surface area contributed by atoms with Crippen molar-refractivity contribution in [2.75, 3.05) is 0 Å². The first-order chi connectivity index (χ1) is 8.29. The molecule has 3 nitrogen and oxygen atoms in total. The van der Waals surface area contributed by atoms with Crippen LogP contribution in [0.15, 0.2) is 23.8 Å². The van der Waals surface area contributed by atoms with Crippen LogP contribution in [0.2, 0.25) is 0 Å². The van der Waals surface area contributed by atoms with E-state index in [0.717, 1.165) is 5.57 Å². The minimum absolute atomic E-state index is 0. The first-order valence-corrected chi connectivity index (χ1v) is 6.44. The van der Waals surface area contributed by atoms with Crippen LogP contribution in [0.3, 0.4) is 0 Å². The molecular weight excluding hydrogens is 233 g/mol. The van der Waals surface area contributed by atoms with E-state index >= 15 is 0 Å². The van der Waals surface area contributed by atoms with Crippen molar-refractivity contribution < 1.29 is 28.4 Å². The van der Waals surface area contributed by atoms with Crippen molar-refractivity contribution in [2.45, 2.75) is 60.5 Å². The fourth-order valence-electron chi connectivity index (χ4n) is 1.73. The Bertz CT molecular complexity index is 310. The normalized spacial score (nSPS) is 10.4. The summed E-state index contributed by atoms with van der Waals surface area (Å²) in [5, 5.41) is 0. The van der Waals surface area contributed by atoms with Gasteiger partial charge in [-0.25, -0.2) is 4.79 Å². The summed E-state index contributed by atoms with van der Waals surface area (Å²) in [5.41, 5.74) is 1.09. The van der Waals surface area contributed by atoms with Crippen molar-refractivity contribution in [1.82, 2.24) is 4.90 Å². The monoisotopic (exact) mass is 259 g/mol. The quantitative estimate of drug-likeness (QED) is 0.550. The van der Waals surface area contributed by atoms with E-state index in [4.69, 9.17) is 4.74 Å². The minimum atomic E-state index is -0.300. The average Bonchev–Trinajstić information content (AvgIpc) is 2.14. The van der Waals surface area contributed by atoms with Gasteiger partial charge in [0.05, 0.1) is 0 Å². The molecule has 1 amide bonds. The molecule has 0 saturated carbocycles. The molecule has 0 rings (SSSR count). The Balaban J connectivity index is 0. The van der Waals surface area contributed by atoms with Gasteiger partial charge in [-0.3, -0.25) is 0 Å². The van der Waals surface area contributed by atoms with Gasteiger partial charge in [0.2, 0.25) is 0 Å². The molecule has 0 atom stereocenters. The second kappa shape index (κ2) is 10.1. The van der Waals surface area contributed by atoms with E-state index in [1.165, 1.54) is 0 Å². The molecule has 0 radical (unpaired) electrons. The molecule has 0 fully saturated rings. The summed E-state index contributed by atoms with van der Waals surface area (Å²) in [5.74, 6) is 0. The zero-order valence-corrected chi connectivity index (χ0v) is 13.7. The third kappa shape index (κ3) is 8.08. The predicted molar refractivity (Wildman–Crippen MR) is 76.1 cm³/mol. The zero-order valence-electron chi connectivity index (χ0n) is 13.7. The van der Waals surface area contributed by atoms with Crippen LogP contribution in [0.5, 0.6) is 0 Å². The van der Waals surface area contributed by atoms with Crippen molar-refractivity contribution in [2.24, 2.45) is 0 Å².